The van der Waals surface area contributed by atoms with Crippen molar-refractivity contribution in [1.29, 1.82) is 0 Å². The number of carbonyl (C=O) groups excluding carboxylic acids is 2. The molecular formula is C11H23N3O2. The Labute approximate surface area is 97.6 Å². The maximum absolute atomic E-state index is 11.6. The average molecular weight is 229 g/mol. The number of likely N-dealkylation sites (N-methyl/N-ethyl adjacent to an activating group) is 1. The van der Waals surface area contributed by atoms with Gasteiger partial charge in [0.05, 0.1) is 6.54 Å². The van der Waals surface area contributed by atoms with E-state index in [-0.39, 0.29) is 24.4 Å². The van der Waals surface area contributed by atoms with E-state index in [0.29, 0.717) is 6.42 Å². The monoisotopic (exact) mass is 229 g/mol. The van der Waals surface area contributed by atoms with Gasteiger partial charge in [0.25, 0.3) is 0 Å². The highest BCUT2D eigenvalue weighted by Crippen LogP contribution is 1.94. The van der Waals surface area contributed by atoms with E-state index in [9.17, 15) is 9.59 Å². The predicted octanol–water partition coefficient (Wildman–Crippen LogP) is -0.0310. The summed E-state index contributed by atoms with van der Waals surface area (Å²) in [5, 5.41) is 5.73. The minimum atomic E-state index is -0.112. The Balaban J connectivity index is 3.81. The van der Waals surface area contributed by atoms with Gasteiger partial charge in [-0.15, -0.1) is 0 Å². The summed E-state index contributed by atoms with van der Waals surface area (Å²) in [6, 6.07) is 0.111. The number of amides is 2. The van der Waals surface area contributed by atoms with Gasteiger partial charge in [-0.05, 0) is 33.9 Å². The molecule has 0 unspecified atom stereocenters. The molecule has 0 radical (unpaired) electrons. The molecule has 0 atom stereocenters. The van der Waals surface area contributed by atoms with Crippen molar-refractivity contribution in [3.63, 3.8) is 0 Å². The van der Waals surface area contributed by atoms with Crippen LogP contribution in [0.1, 0.15) is 26.7 Å². The minimum absolute atomic E-state index is 0.00848. The molecule has 0 aliphatic carbocycles. The molecule has 94 valence electrons. The molecule has 2 amide bonds. The lowest BCUT2D eigenvalue weighted by Gasteiger charge is -2.17. The standard InChI is InChI=1S/C11H23N3O2/c1-9(2)13-10(15)8-14(4)11(16)6-5-7-12-3/h9,12H,5-8H2,1-4H3,(H,13,15). The van der Waals surface area contributed by atoms with E-state index in [1.807, 2.05) is 20.9 Å². The fraction of sp³-hybridized carbons (Fsp3) is 0.818. The Kier molecular flexibility index (Phi) is 7.54. The highest BCUT2D eigenvalue weighted by Gasteiger charge is 2.12. The molecule has 0 aliphatic rings. The van der Waals surface area contributed by atoms with Gasteiger partial charge < -0.3 is 15.5 Å². The van der Waals surface area contributed by atoms with E-state index in [0.717, 1.165) is 13.0 Å². The fourth-order valence-corrected chi connectivity index (χ4v) is 1.28. The number of hydrogen-bond acceptors (Lipinski definition) is 3. The number of rotatable bonds is 7. The van der Waals surface area contributed by atoms with Crippen molar-refractivity contribution in [3.05, 3.63) is 0 Å². The Morgan fingerprint density at radius 3 is 2.44 bits per heavy atom. The molecule has 0 aromatic rings. The molecule has 0 heterocycles. The molecule has 5 nitrogen and oxygen atoms in total. The first-order valence-corrected chi connectivity index (χ1v) is 5.65. The second kappa shape index (κ2) is 8.10. The van der Waals surface area contributed by atoms with Crippen LogP contribution in [0.4, 0.5) is 0 Å². The molecule has 0 saturated carbocycles. The van der Waals surface area contributed by atoms with Crippen LogP contribution in [0, 0.1) is 0 Å². The van der Waals surface area contributed by atoms with E-state index in [1.165, 1.54) is 4.90 Å². The summed E-state index contributed by atoms with van der Waals surface area (Å²) in [6.45, 7) is 4.74. The summed E-state index contributed by atoms with van der Waals surface area (Å²) in [5.41, 5.74) is 0. The van der Waals surface area contributed by atoms with Crippen LogP contribution in [0.2, 0.25) is 0 Å². The second-order valence-electron chi connectivity index (χ2n) is 4.18. The number of nitrogens with one attached hydrogen (secondary N) is 2. The van der Waals surface area contributed by atoms with E-state index in [4.69, 9.17) is 0 Å². The molecule has 0 aromatic carbocycles. The summed E-state index contributed by atoms with van der Waals surface area (Å²) < 4.78 is 0. The van der Waals surface area contributed by atoms with Crippen molar-refractivity contribution in [2.75, 3.05) is 27.2 Å². The van der Waals surface area contributed by atoms with E-state index >= 15 is 0 Å². The zero-order chi connectivity index (χ0) is 12.6. The van der Waals surface area contributed by atoms with Crippen LogP contribution in [0.25, 0.3) is 0 Å². The molecular weight excluding hydrogens is 206 g/mol. The van der Waals surface area contributed by atoms with Gasteiger partial charge in [0.15, 0.2) is 0 Å². The minimum Gasteiger partial charge on any atom is -0.352 e. The van der Waals surface area contributed by atoms with Crippen molar-refractivity contribution >= 4 is 11.8 Å². The van der Waals surface area contributed by atoms with Crippen molar-refractivity contribution in [2.24, 2.45) is 0 Å². The van der Waals surface area contributed by atoms with E-state index < -0.39 is 0 Å². The normalized spacial score (nSPS) is 10.3. The van der Waals surface area contributed by atoms with Crippen molar-refractivity contribution in [1.82, 2.24) is 15.5 Å². The van der Waals surface area contributed by atoms with Gasteiger partial charge in [0.2, 0.25) is 11.8 Å². The van der Waals surface area contributed by atoms with Gasteiger partial charge in [-0.2, -0.15) is 0 Å². The van der Waals surface area contributed by atoms with Crippen LogP contribution >= 0.6 is 0 Å². The van der Waals surface area contributed by atoms with Crippen molar-refractivity contribution in [2.45, 2.75) is 32.7 Å². The zero-order valence-corrected chi connectivity index (χ0v) is 10.7. The van der Waals surface area contributed by atoms with Crippen LogP contribution in [-0.2, 0) is 9.59 Å². The number of hydrogen-bond donors (Lipinski definition) is 2. The predicted molar refractivity (Wildman–Crippen MR) is 64.1 cm³/mol. The topological polar surface area (TPSA) is 61.4 Å². The van der Waals surface area contributed by atoms with Gasteiger partial charge >= 0.3 is 0 Å². The number of carbonyl (C=O) groups is 2. The quantitative estimate of drug-likeness (QED) is 0.603. The average Bonchev–Trinajstić information content (AvgIpc) is 2.16. The van der Waals surface area contributed by atoms with Gasteiger partial charge in [0, 0.05) is 19.5 Å². The summed E-state index contributed by atoms with van der Waals surface area (Å²) in [7, 11) is 3.51. The summed E-state index contributed by atoms with van der Waals surface area (Å²) in [6.07, 6.45) is 1.28. The van der Waals surface area contributed by atoms with Gasteiger partial charge in [-0.3, -0.25) is 9.59 Å². The lowest BCUT2D eigenvalue weighted by molar-refractivity contribution is -0.134. The Bertz CT molecular complexity index is 229. The molecule has 16 heavy (non-hydrogen) atoms. The first kappa shape index (κ1) is 14.9. The first-order chi connectivity index (χ1) is 7.47. The van der Waals surface area contributed by atoms with Crippen LogP contribution < -0.4 is 10.6 Å². The fourth-order valence-electron chi connectivity index (χ4n) is 1.28. The van der Waals surface area contributed by atoms with Gasteiger partial charge in [-0.1, -0.05) is 0 Å². The Morgan fingerprint density at radius 2 is 1.94 bits per heavy atom. The summed E-state index contributed by atoms with van der Waals surface area (Å²) in [5.74, 6) is -0.103. The van der Waals surface area contributed by atoms with Crippen molar-refractivity contribution in [3.8, 4) is 0 Å². The van der Waals surface area contributed by atoms with Gasteiger partial charge in [-0.25, -0.2) is 0 Å². The van der Waals surface area contributed by atoms with Crippen LogP contribution in [0.3, 0.4) is 0 Å². The largest absolute Gasteiger partial charge is 0.352 e. The molecule has 0 spiro atoms. The molecule has 0 rings (SSSR count). The van der Waals surface area contributed by atoms with E-state index in [2.05, 4.69) is 10.6 Å². The Morgan fingerprint density at radius 1 is 1.31 bits per heavy atom. The Hall–Kier alpha value is -1.10. The van der Waals surface area contributed by atoms with Crippen LogP contribution in [0.5, 0.6) is 0 Å². The molecule has 0 fully saturated rings. The molecule has 0 saturated heterocycles. The maximum atomic E-state index is 11.6. The third-order valence-corrected chi connectivity index (χ3v) is 2.07. The van der Waals surface area contributed by atoms with Crippen LogP contribution in [-0.4, -0.2) is 49.9 Å². The highest BCUT2D eigenvalue weighted by atomic mass is 16.2. The number of nitrogens with zero attached hydrogens (tertiary/aromatic N) is 1. The molecule has 0 bridgehead atoms. The molecule has 0 aromatic heterocycles. The van der Waals surface area contributed by atoms with Gasteiger partial charge in [0.1, 0.15) is 0 Å². The highest BCUT2D eigenvalue weighted by molar-refractivity contribution is 5.84. The third kappa shape index (κ3) is 7.23. The summed E-state index contributed by atoms with van der Waals surface area (Å²) in [4.78, 5) is 24.4. The smallest absolute Gasteiger partial charge is 0.239 e. The molecule has 2 N–H and O–H groups in total. The molecule has 0 aliphatic heterocycles. The molecule has 5 heteroatoms. The van der Waals surface area contributed by atoms with Crippen molar-refractivity contribution < 1.29 is 9.59 Å². The van der Waals surface area contributed by atoms with E-state index in [1.54, 1.807) is 7.05 Å². The second-order valence-corrected chi connectivity index (χ2v) is 4.18. The maximum Gasteiger partial charge on any atom is 0.239 e. The SMILES string of the molecule is CNCCCC(=O)N(C)CC(=O)NC(C)C. The van der Waals surface area contributed by atoms with Crippen LogP contribution in [0.15, 0.2) is 0 Å². The lowest BCUT2D eigenvalue weighted by atomic mass is 10.2. The summed E-state index contributed by atoms with van der Waals surface area (Å²) >= 11 is 0. The third-order valence-electron chi connectivity index (χ3n) is 2.07. The first-order valence-electron chi connectivity index (χ1n) is 5.65. The zero-order valence-electron chi connectivity index (χ0n) is 10.7. The lowest BCUT2D eigenvalue weighted by Crippen LogP contribution is -2.40.